The first kappa shape index (κ1) is 18.6. The number of fused-ring (bicyclic) bond motifs is 1. The topological polar surface area (TPSA) is 88.8 Å². The molecule has 27 heavy (non-hydrogen) atoms. The molecule has 1 unspecified atom stereocenters. The van der Waals surface area contributed by atoms with Crippen molar-refractivity contribution in [3.63, 3.8) is 0 Å². The van der Waals surface area contributed by atoms with E-state index in [0.29, 0.717) is 5.56 Å². The van der Waals surface area contributed by atoms with Crippen molar-refractivity contribution in [1.82, 2.24) is 9.47 Å². The summed E-state index contributed by atoms with van der Waals surface area (Å²) in [4.78, 5) is 38.0. The summed E-state index contributed by atoms with van der Waals surface area (Å²) in [6.45, 7) is 2.26. The van der Waals surface area contributed by atoms with E-state index in [4.69, 9.17) is 4.74 Å². The lowest BCUT2D eigenvalue weighted by atomic mass is 10.1. The number of hydrogen-bond acceptors (Lipinski definition) is 5. The van der Waals surface area contributed by atoms with Crippen LogP contribution in [0.2, 0.25) is 0 Å². The number of benzene rings is 1. The van der Waals surface area contributed by atoms with Crippen LogP contribution in [0.25, 0.3) is 0 Å². The highest BCUT2D eigenvalue weighted by molar-refractivity contribution is 5.96. The smallest absolute Gasteiger partial charge is 0.307 e. The van der Waals surface area contributed by atoms with Crippen LogP contribution in [0.1, 0.15) is 35.4 Å². The highest BCUT2D eigenvalue weighted by Gasteiger charge is 2.34. The SMILES string of the molecule is CCOC(=O)CC1CN(Cc2ccc(F)cc2)C(=O)c2c(O)c(=O)ccn21. The second-order valence-corrected chi connectivity index (χ2v) is 6.26. The number of carbonyl (C=O) groups excluding carboxylic acids is 2. The number of esters is 1. The molecule has 3 rings (SSSR count). The van der Waals surface area contributed by atoms with Crippen molar-refractivity contribution in [3.8, 4) is 5.75 Å². The Bertz CT molecular complexity index is 923. The molecule has 2 heterocycles. The summed E-state index contributed by atoms with van der Waals surface area (Å²) in [6.07, 6.45) is 1.38. The van der Waals surface area contributed by atoms with Gasteiger partial charge in [0.1, 0.15) is 5.82 Å². The minimum atomic E-state index is -0.673. The van der Waals surface area contributed by atoms with Crippen molar-refractivity contribution < 1.29 is 23.8 Å². The number of hydrogen-bond donors (Lipinski definition) is 1. The van der Waals surface area contributed by atoms with Crippen molar-refractivity contribution >= 4 is 11.9 Å². The summed E-state index contributed by atoms with van der Waals surface area (Å²) in [7, 11) is 0. The molecular formula is C19H19FN2O5. The fourth-order valence-electron chi connectivity index (χ4n) is 3.15. The minimum Gasteiger partial charge on any atom is -0.503 e. The second kappa shape index (κ2) is 7.61. The summed E-state index contributed by atoms with van der Waals surface area (Å²) >= 11 is 0. The third kappa shape index (κ3) is 3.84. The van der Waals surface area contributed by atoms with Crippen LogP contribution in [0.3, 0.4) is 0 Å². The van der Waals surface area contributed by atoms with Crippen LogP contribution in [0.4, 0.5) is 4.39 Å². The number of nitrogens with zero attached hydrogens (tertiary/aromatic N) is 2. The average Bonchev–Trinajstić information content (AvgIpc) is 2.63. The van der Waals surface area contributed by atoms with Crippen LogP contribution in [-0.4, -0.2) is 39.6 Å². The van der Waals surface area contributed by atoms with E-state index in [-0.39, 0.29) is 31.8 Å². The molecule has 142 valence electrons. The van der Waals surface area contributed by atoms with Gasteiger partial charge in [0.05, 0.1) is 19.1 Å². The van der Waals surface area contributed by atoms with Gasteiger partial charge in [0.25, 0.3) is 5.91 Å². The molecule has 1 amide bonds. The Morgan fingerprint density at radius 1 is 1.26 bits per heavy atom. The van der Waals surface area contributed by atoms with Crippen LogP contribution in [0.5, 0.6) is 5.75 Å². The fraction of sp³-hybridized carbons (Fsp3) is 0.316. The maximum atomic E-state index is 13.1. The monoisotopic (exact) mass is 374 g/mol. The maximum Gasteiger partial charge on any atom is 0.307 e. The molecule has 0 spiro atoms. The van der Waals surface area contributed by atoms with Gasteiger partial charge in [-0.05, 0) is 24.6 Å². The summed E-state index contributed by atoms with van der Waals surface area (Å²) in [5.74, 6) is -2.02. The summed E-state index contributed by atoms with van der Waals surface area (Å²) in [5.41, 5.74) is -0.149. The predicted molar refractivity (Wildman–Crippen MR) is 93.8 cm³/mol. The van der Waals surface area contributed by atoms with Crippen LogP contribution in [0.15, 0.2) is 41.3 Å². The van der Waals surface area contributed by atoms with Gasteiger partial charge in [-0.2, -0.15) is 0 Å². The zero-order valence-electron chi connectivity index (χ0n) is 14.7. The molecule has 2 aromatic rings. The number of pyridine rings is 1. The van der Waals surface area contributed by atoms with E-state index in [1.807, 2.05) is 0 Å². The van der Waals surface area contributed by atoms with E-state index in [1.165, 1.54) is 27.8 Å². The van der Waals surface area contributed by atoms with Gasteiger partial charge in [0, 0.05) is 25.4 Å². The van der Waals surface area contributed by atoms with Crippen LogP contribution in [-0.2, 0) is 16.1 Å². The Kier molecular flexibility index (Phi) is 5.25. The molecule has 1 N–H and O–H groups in total. The van der Waals surface area contributed by atoms with E-state index in [9.17, 15) is 23.9 Å². The first-order valence-corrected chi connectivity index (χ1v) is 8.54. The molecular weight excluding hydrogens is 355 g/mol. The van der Waals surface area contributed by atoms with E-state index >= 15 is 0 Å². The predicted octanol–water partition coefficient (Wildman–Crippen LogP) is 1.84. The van der Waals surface area contributed by atoms with Crippen molar-refractivity contribution in [2.75, 3.05) is 13.2 Å². The quantitative estimate of drug-likeness (QED) is 0.807. The second-order valence-electron chi connectivity index (χ2n) is 6.26. The van der Waals surface area contributed by atoms with Crippen LogP contribution < -0.4 is 5.43 Å². The Balaban J connectivity index is 1.96. The van der Waals surface area contributed by atoms with Crippen LogP contribution >= 0.6 is 0 Å². The number of amides is 1. The number of aromatic nitrogens is 1. The van der Waals surface area contributed by atoms with Gasteiger partial charge >= 0.3 is 5.97 Å². The normalized spacial score (nSPS) is 16.1. The molecule has 0 saturated heterocycles. The van der Waals surface area contributed by atoms with Crippen LogP contribution in [0, 0.1) is 5.82 Å². The average molecular weight is 374 g/mol. The molecule has 1 atom stereocenters. The molecule has 0 bridgehead atoms. The standard InChI is InChI=1S/C19H19FN2O5/c1-2-27-16(24)9-14-11-21(10-12-3-5-13(20)6-4-12)19(26)17-18(25)15(23)7-8-22(14)17/h3-8,14,25H,2,9-11H2,1H3. The largest absolute Gasteiger partial charge is 0.503 e. The summed E-state index contributed by atoms with van der Waals surface area (Å²) < 4.78 is 19.5. The van der Waals surface area contributed by atoms with Gasteiger partial charge in [-0.3, -0.25) is 14.4 Å². The first-order valence-electron chi connectivity index (χ1n) is 8.54. The van der Waals surface area contributed by atoms with Gasteiger partial charge in [-0.1, -0.05) is 12.1 Å². The molecule has 1 aliphatic heterocycles. The van der Waals surface area contributed by atoms with Gasteiger partial charge in [0.15, 0.2) is 11.4 Å². The van der Waals surface area contributed by atoms with Crippen molar-refractivity contribution in [2.24, 2.45) is 0 Å². The maximum absolute atomic E-state index is 13.1. The molecule has 8 heteroatoms. The Hall–Kier alpha value is -3.16. The van der Waals surface area contributed by atoms with E-state index in [2.05, 4.69) is 0 Å². The molecule has 1 aromatic carbocycles. The lowest BCUT2D eigenvalue weighted by Gasteiger charge is -2.35. The minimum absolute atomic E-state index is 0.0175. The lowest BCUT2D eigenvalue weighted by Crippen LogP contribution is -2.44. The molecule has 0 fully saturated rings. The number of carbonyl (C=O) groups is 2. The fourth-order valence-corrected chi connectivity index (χ4v) is 3.15. The zero-order chi connectivity index (χ0) is 19.6. The van der Waals surface area contributed by atoms with Crippen molar-refractivity contribution in [1.29, 1.82) is 0 Å². The Morgan fingerprint density at radius 2 is 1.96 bits per heavy atom. The van der Waals surface area contributed by atoms with E-state index < -0.39 is 34.9 Å². The number of ether oxygens (including phenoxy) is 1. The summed E-state index contributed by atoms with van der Waals surface area (Å²) in [6, 6.07) is 6.33. The zero-order valence-corrected chi connectivity index (χ0v) is 14.7. The highest BCUT2D eigenvalue weighted by Crippen LogP contribution is 2.28. The van der Waals surface area contributed by atoms with Crippen molar-refractivity contribution in [2.45, 2.75) is 25.9 Å². The number of aromatic hydroxyl groups is 1. The Labute approximate surface area is 154 Å². The first-order chi connectivity index (χ1) is 12.9. The summed E-state index contributed by atoms with van der Waals surface area (Å²) in [5, 5.41) is 10.1. The molecule has 0 aliphatic carbocycles. The molecule has 1 aliphatic rings. The lowest BCUT2D eigenvalue weighted by molar-refractivity contribution is -0.144. The van der Waals surface area contributed by atoms with E-state index in [0.717, 1.165) is 6.07 Å². The molecule has 1 aromatic heterocycles. The third-order valence-electron chi connectivity index (χ3n) is 4.41. The highest BCUT2D eigenvalue weighted by atomic mass is 19.1. The van der Waals surface area contributed by atoms with Gasteiger partial charge < -0.3 is 19.3 Å². The number of halogens is 1. The van der Waals surface area contributed by atoms with Crippen molar-refractivity contribution in [3.05, 3.63) is 63.8 Å². The van der Waals surface area contributed by atoms with Gasteiger partial charge in [0.2, 0.25) is 5.43 Å². The van der Waals surface area contributed by atoms with Gasteiger partial charge in [-0.25, -0.2) is 4.39 Å². The third-order valence-corrected chi connectivity index (χ3v) is 4.41. The Morgan fingerprint density at radius 3 is 2.63 bits per heavy atom. The molecule has 0 saturated carbocycles. The molecule has 7 nitrogen and oxygen atoms in total. The van der Waals surface area contributed by atoms with Gasteiger partial charge in [-0.15, -0.1) is 0 Å². The molecule has 0 radical (unpaired) electrons. The van der Waals surface area contributed by atoms with E-state index in [1.54, 1.807) is 19.1 Å². The number of rotatable bonds is 5.